The molecule has 0 bridgehead atoms. The van der Waals surface area contributed by atoms with Crippen molar-refractivity contribution in [2.45, 2.75) is 33.8 Å². The molecule has 0 aliphatic carbocycles. The van der Waals surface area contributed by atoms with Gasteiger partial charge in [0.15, 0.2) is 6.10 Å². The summed E-state index contributed by atoms with van der Waals surface area (Å²) in [7, 11) is 1.84. The van der Waals surface area contributed by atoms with Gasteiger partial charge in [0.1, 0.15) is 0 Å². The molecule has 1 heterocycles. The molecule has 0 saturated carbocycles. The first-order valence-corrected chi connectivity index (χ1v) is 8.94. The molecule has 0 radical (unpaired) electrons. The van der Waals surface area contributed by atoms with E-state index in [0.717, 1.165) is 27.0 Å². The van der Waals surface area contributed by atoms with Crippen LogP contribution in [-0.4, -0.2) is 27.8 Å². The molecule has 1 aromatic carbocycles. The highest BCUT2D eigenvalue weighted by molar-refractivity contribution is 9.10. The van der Waals surface area contributed by atoms with E-state index in [-0.39, 0.29) is 0 Å². The summed E-state index contributed by atoms with van der Waals surface area (Å²) in [6.07, 6.45) is 2.04. The summed E-state index contributed by atoms with van der Waals surface area (Å²) < 4.78 is 7.69. The Hall–Kier alpha value is -2.41. The smallest absolute Gasteiger partial charge is 0.331 e. The zero-order valence-electron chi connectivity index (χ0n) is 15.5. The lowest BCUT2D eigenvalue weighted by atomic mass is 10.2. The predicted molar refractivity (Wildman–Crippen MR) is 105 cm³/mol. The zero-order chi connectivity index (χ0) is 19.4. The summed E-state index contributed by atoms with van der Waals surface area (Å²) in [5, 5.41) is 7.02. The molecule has 2 aromatic rings. The van der Waals surface area contributed by atoms with E-state index in [1.54, 1.807) is 16.8 Å². The topological polar surface area (TPSA) is 73.2 Å². The van der Waals surface area contributed by atoms with Gasteiger partial charge >= 0.3 is 5.97 Å². The number of aromatic nitrogens is 2. The minimum Gasteiger partial charge on any atom is -0.449 e. The van der Waals surface area contributed by atoms with Crippen LogP contribution >= 0.6 is 15.9 Å². The number of nitrogens with one attached hydrogen (secondary N) is 1. The number of ether oxygens (including phenoxy) is 1. The quantitative estimate of drug-likeness (QED) is 0.592. The van der Waals surface area contributed by atoms with Gasteiger partial charge in [0.05, 0.1) is 11.4 Å². The van der Waals surface area contributed by atoms with Crippen LogP contribution in [0.5, 0.6) is 0 Å². The van der Waals surface area contributed by atoms with E-state index in [4.69, 9.17) is 4.74 Å². The molecule has 6 nitrogen and oxygen atoms in total. The van der Waals surface area contributed by atoms with E-state index in [0.29, 0.717) is 5.69 Å². The summed E-state index contributed by atoms with van der Waals surface area (Å²) in [6.45, 7) is 7.27. The molecule has 1 N–H and O–H groups in total. The number of esters is 1. The highest BCUT2D eigenvalue weighted by Gasteiger charge is 2.18. The van der Waals surface area contributed by atoms with Gasteiger partial charge in [0, 0.05) is 28.9 Å². The first kappa shape index (κ1) is 19.9. The average Bonchev–Trinajstić information content (AvgIpc) is 2.80. The van der Waals surface area contributed by atoms with E-state index < -0.39 is 18.0 Å². The van der Waals surface area contributed by atoms with E-state index in [1.165, 1.54) is 13.0 Å². The number of rotatable bonds is 5. The molecule has 0 saturated heterocycles. The average molecular weight is 420 g/mol. The first-order chi connectivity index (χ1) is 12.2. The third-order valence-electron chi connectivity index (χ3n) is 4.00. The van der Waals surface area contributed by atoms with Gasteiger partial charge in [-0.25, -0.2) is 4.79 Å². The van der Waals surface area contributed by atoms with Crippen molar-refractivity contribution in [3.8, 4) is 0 Å². The predicted octanol–water partition coefficient (Wildman–Crippen LogP) is 3.69. The van der Waals surface area contributed by atoms with E-state index in [9.17, 15) is 9.59 Å². The Labute approximate surface area is 161 Å². The molecule has 0 spiro atoms. The van der Waals surface area contributed by atoms with Crippen LogP contribution < -0.4 is 5.32 Å². The van der Waals surface area contributed by atoms with Gasteiger partial charge in [-0.05, 0) is 67.4 Å². The molecule has 2 rings (SSSR count). The van der Waals surface area contributed by atoms with E-state index >= 15 is 0 Å². The monoisotopic (exact) mass is 419 g/mol. The number of hydrogen-bond donors (Lipinski definition) is 1. The van der Waals surface area contributed by atoms with Gasteiger partial charge in [-0.2, -0.15) is 5.10 Å². The lowest BCUT2D eigenvalue weighted by molar-refractivity contribution is -0.148. The number of anilines is 1. The maximum absolute atomic E-state index is 12.2. The van der Waals surface area contributed by atoms with Crippen molar-refractivity contribution in [3.05, 3.63) is 51.3 Å². The van der Waals surface area contributed by atoms with Crippen LogP contribution in [0.25, 0.3) is 6.08 Å². The molecule has 138 valence electrons. The number of aryl methyl sites for hydroxylation is 3. The highest BCUT2D eigenvalue weighted by Crippen LogP contribution is 2.23. The van der Waals surface area contributed by atoms with E-state index in [2.05, 4.69) is 26.3 Å². The van der Waals surface area contributed by atoms with Crippen molar-refractivity contribution in [3.63, 3.8) is 0 Å². The molecule has 0 aliphatic heterocycles. The van der Waals surface area contributed by atoms with Crippen LogP contribution in [-0.2, 0) is 21.4 Å². The largest absolute Gasteiger partial charge is 0.449 e. The first-order valence-electron chi connectivity index (χ1n) is 8.15. The molecule has 1 aromatic heterocycles. The third-order valence-corrected chi connectivity index (χ3v) is 4.65. The van der Waals surface area contributed by atoms with Crippen LogP contribution in [0, 0.1) is 20.8 Å². The Morgan fingerprint density at radius 2 is 2.00 bits per heavy atom. The van der Waals surface area contributed by atoms with Crippen molar-refractivity contribution in [2.24, 2.45) is 7.05 Å². The van der Waals surface area contributed by atoms with Crippen molar-refractivity contribution >= 4 is 39.6 Å². The van der Waals surface area contributed by atoms with Crippen LogP contribution in [0.3, 0.4) is 0 Å². The van der Waals surface area contributed by atoms with Gasteiger partial charge < -0.3 is 10.1 Å². The number of benzene rings is 1. The number of halogens is 1. The fourth-order valence-corrected chi connectivity index (χ4v) is 3.00. The molecule has 1 amide bonds. The fraction of sp³-hybridized carbons (Fsp3) is 0.316. The Bertz CT molecular complexity index is 871. The minimum atomic E-state index is -0.920. The number of nitrogens with zero attached hydrogens (tertiary/aromatic N) is 2. The van der Waals surface area contributed by atoms with Crippen molar-refractivity contribution in [1.82, 2.24) is 9.78 Å². The molecule has 7 heteroatoms. The summed E-state index contributed by atoms with van der Waals surface area (Å²) >= 11 is 3.40. The lowest BCUT2D eigenvalue weighted by Crippen LogP contribution is -2.29. The Morgan fingerprint density at radius 1 is 1.31 bits per heavy atom. The van der Waals surface area contributed by atoms with Gasteiger partial charge in [0.2, 0.25) is 0 Å². The van der Waals surface area contributed by atoms with Gasteiger partial charge in [0.25, 0.3) is 5.91 Å². The summed E-state index contributed by atoms with van der Waals surface area (Å²) in [5.41, 5.74) is 4.33. The Balaban J connectivity index is 1.97. The number of amides is 1. The Kier molecular flexibility index (Phi) is 6.37. The standard InChI is InChI=1S/C19H22BrN3O3/c1-11-6-8-17(16(20)10-11)21-19(25)14(4)26-18(24)9-7-15-12(2)22-23(5)13(15)3/h6-10,14H,1-5H3,(H,21,25)/b9-7+/t14-/m1/s1. The summed E-state index contributed by atoms with van der Waals surface area (Å²) in [6, 6.07) is 5.58. The third kappa shape index (κ3) is 4.82. The zero-order valence-corrected chi connectivity index (χ0v) is 17.0. The van der Waals surface area contributed by atoms with E-state index in [1.807, 2.05) is 40.0 Å². The minimum absolute atomic E-state index is 0.398. The summed E-state index contributed by atoms with van der Waals surface area (Å²) in [5.74, 6) is -0.983. The maximum atomic E-state index is 12.2. The second kappa shape index (κ2) is 8.31. The number of carbonyl (C=O) groups is 2. The number of carbonyl (C=O) groups excluding carboxylic acids is 2. The fourth-order valence-electron chi connectivity index (χ4n) is 2.41. The second-order valence-corrected chi connectivity index (χ2v) is 6.95. The molecule has 1 atom stereocenters. The number of hydrogen-bond acceptors (Lipinski definition) is 4. The lowest BCUT2D eigenvalue weighted by Gasteiger charge is -2.13. The highest BCUT2D eigenvalue weighted by atomic mass is 79.9. The van der Waals surface area contributed by atoms with Crippen LogP contribution in [0.1, 0.15) is 29.4 Å². The Morgan fingerprint density at radius 3 is 2.58 bits per heavy atom. The van der Waals surface area contributed by atoms with Gasteiger partial charge in [-0.3, -0.25) is 9.48 Å². The van der Waals surface area contributed by atoms with Gasteiger partial charge in [-0.1, -0.05) is 6.07 Å². The van der Waals surface area contributed by atoms with Crippen LogP contribution in [0.15, 0.2) is 28.7 Å². The second-order valence-electron chi connectivity index (χ2n) is 6.09. The van der Waals surface area contributed by atoms with Crippen molar-refractivity contribution < 1.29 is 14.3 Å². The summed E-state index contributed by atoms with van der Waals surface area (Å²) in [4.78, 5) is 24.2. The van der Waals surface area contributed by atoms with Crippen molar-refractivity contribution in [2.75, 3.05) is 5.32 Å². The molecule has 0 fully saturated rings. The molecular formula is C19H22BrN3O3. The maximum Gasteiger partial charge on any atom is 0.331 e. The van der Waals surface area contributed by atoms with Crippen LogP contribution in [0.2, 0.25) is 0 Å². The SMILES string of the molecule is Cc1ccc(NC(=O)[C@@H](C)OC(=O)/C=C/c2c(C)nn(C)c2C)c(Br)c1. The van der Waals surface area contributed by atoms with Crippen molar-refractivity contribution in [1.29, 1.82) is 0 Å². The molecule has 26 heavy (non-hydrogen) atoms. The molecular weight excluding hydrogens is 398 g/mol. The molecule has 0 unspecified atom stereocenters. The normalized spacial score (nSPS) is 12.2. The van der Waals surface area contributed by atoms with Crippen LogP contribution in [0.4, 0.5) is 5.69 Å². The van der Waals surface area contributed by atoms with Gasteiger partial charge in [-0.15, -0.1) is 0 Å². The molecule has 0 aliphatic rings.